The Balaban J connectivity index is 2.00. The van der Waals surface area contributed by atoms with E-state index in [0.717, 1.165) is 48.5 Å². The third-order valence-electron chi connectivity index (χ3n) is 6.06. The lowest BCUT2D eigenvalue weighted by molar-refractivity contribution is 0.0740. The molecule has 0 spiro atoms. The normalized spacial score (nSPS) is 11.4. The van der Waals surface area contributed by atoms with E-state index in [4.69, 9.17) is 10.2 Å². The molecule has 3 rings (SSSR count). The van der Waals surface area contributed by atoms with Crippen LogP contribution in [0.3, 0.4) is 0 Å². The maximum atomic E-state index is 13.5. The number of carbonyl (C=O) groups is 1. The lowest BCUT2D eigenvalue weighted by atomic mass is 10.1. The number of aliphatic hydroxyl groups is 1. The number of imidazole rings is 1. The first kappa shape index (κ1) is 25.5. The van der Waals surface area contributed by atoms with Crippen molar-refractivity contribution in [2.75, 3.05) is 19.7 Å². The molecule has 0 saturated carbocycles. The SMILES string of the molecule is CC(C)CCN(CCC(C)C)C(=O)c1ccc2nc(-c3ccc(C#N)cc3)c(CCCO)n2c1. The lowest BCUT2D eigenvalue weighted by Gasteiger charge is -2.24. The Labute approximate surface area is 202 Å². The smallest absolute Gasteiger partial charge is 0.255 e. The molecule has 3 aromatic rings. The van der Waals surface area contributed by atoms with Gasteiger partial charge < -0.3 is 14.4 Å². The van der Waals surface area contributed by atoms with Gasteiger partial charge in [-0.05, 0) is 61.8 Å². The standard InChI is InChI=1S/C28H36N4O2/c1-20(2)13-15-31(16-14-21(3)4)28(34)24-11-12-26-30-27(23-9-7-22(18-29)8-10-23)25(6-5-17-33)32(26)19-24/h7-12,19-21,33H,5-6,13-17H2,1-4H3. The van der Waals surface area contributed by atoms with E-state index in [1.807, 2.05) is 39.8 Å². The summed E-state index contributed by atoms with van der Waals surface area (Å²) in [5, 5.41) is 18.6. The molecule has 2 aromatic heterocycles. The minimum Gasteiger partial charge on any atom is -0.396 e. The van der Waals surface area contributed by atoms with Gasteiger partial charge in [-0.25, -0.2) is 4.98 Å². The van der Waals surface area contributed by atoms with E-state index in [9.17, 15) is 9.90 Å². The maximum absolute atomic E-state index is 13.5. The molecule has 0 aliphatic carbocycles. The molecule has 0 radical (unpaired) electrons. The maximum Gasteiger partial charge on any atom is 0.255 e. The van der Waals surface area contributed by atoms with Gasteiger partial charge in [0.2, 0.25) is 0 Å². The Kier molecular flexibility index (Phi) is 8.84. The van der Waals surface area contributed by atoms with Crippen LogP contribution in [0.15, 0.2) is 42.6 Å². The van der Waals surface area contributed by atoms with Gasteiger partial charge in [-0.2, -0.15) is 5.26 Å². The summed E-state index contributed by atoms with van der Waals surface area (Å²) in [6.45, 7) is 10.3. The van der Waals surface area contributed by atoms with Crippen molar-refractivity contribution in [2.24, 2.45) is 11.8 Å². The summed E-state index contributed by atoms with van der Waals surface area (Å²) in [5.74, 6) is 1.11. The number of nitriles is 1. The van der Waals surface area contributed by atoms with Crippen LogP contribution in [0.1, 0.15) is 68.6 Å². The highest BCUT2D eigenvalue weighted by Gasteiger charge is 2.20. The summed E-state index contributed by atoms with van der Waals surface area (Å²) in [6, 6.07) is 13.3. The molecule has 0 fully saturated rings. The van der Waals surface area contributed by atoms with E-state index in [1.165, 1.54) is 0 Å². The zero-order valence-electron chi connectivity index (χ0n) is 20.8. The fourth-order valence-electron chi connectivity index (χ4n) is 3.96. The van der Waals surface area contributed by atoms with Crippen molar-refractivity contribution in [1.82, 2.24) is 14.3 Å². The average molecular weight is 461 g/mol. The quantitative estimate of drug-likeness (QED) is 0.419. The van der Waals surface area contributed by atoms with E-state index in [0.29, 0.717) is 35.8 Å². The van der Waals surface area contributed by atoms with Gasteiger partial charge in [0, 0.05) is 31.5 Å². The summed E-state index contributed by atoms with van der Waals surface area (Å²) in [7, 11) is 0. The first-order valence-corrected chi connectivity index (χ1v) is 12.3. The Bertz CT molecular complexity index is 1130. The number of fused-ring (bicyclic) bond motifs is 1. The number of nitrogens with zero attached hydrogens (tertiary/aromatic N) is 4. The summed E-state index contributed by atoms with van der Waals surface area (Å²) < 4.78 is 1.99. The molecule has 0 aliphatic heterocycles. The third-order valence-corrected chi connectivity index (χ3v) is 6.06. The van der Waals surface area contributed by atoms with Gasteiger partial charge >= 0.3 is 0 Å². The van der Waals surface area contributed by atoms with Crippen LogP contribution in [0.2, 0.25) is 0 Å². The van der Waals surface area contributed by atoms with Crippen molar-refractivity contribution in [2.45, 2.75) is 53.4 Å². The Morgan fingerprint density at radius 3 is 2.26 bits per heavy atom. The number of rotatable bonds is 11. The first-order valence-electron chi connectivity index (χ1n) is 12.3. The van der Waals surface area contributed by atoms with Gasteiger partial charge in [0.05, 0.1) is 28.6 Å². The van der Waals surface area contributed by atoms with Crippen LogP contribution >= 0.6 is 0 Å². The second kappa shape index (κ2) is 11.8. The van der Waals surface area contributed by atoms with Crippen molar-refractivity contribution < 1.29 is 9.90 Å². The van der Waals surface area contributed by atoms with E-state index in [2.05, 4.69) is 33.8 Å². The van der Waals surface area contributed by atoms with E-state index in [-0.39, 0.29) is 12.5 Å². The molecule has 0 bridgehead atoms. The van der Waals surface area contributed by atoms with Gasteiger partial charge in [-0.1, -0.05) is 39.8 Å². The molecule has 1 aromatic carbocycles. The van der Waals surface area contributed by atoms with Crippen LogP contribution in [-0.2, 0) is 6.42 Å². The van der Waals surface area contributed by atoms with Crippen LogP contribution in [-0.4, -0.2) is 45.0 Å². The van der Waals surface area contributed by atoms with Crippen LogP contribution in [0.4, 0.5) is 0 Å². The molecule has 0 aliphatic rings. The molecule has 1 amide bonds. The summed E-state index contributed by atoms with van der Waals surface area (Å²) in [4.78, 5) is 20.3. The van der Waals surface area contributed by atoms with Gasteiger partial charge in [0.1, 0.15) is 5.65 Å². The largest absolute Gasteiger partial charge is 0.396 e. The van der Waals surface area contributed by atoms with Crippen molar-refractivity contribution >= 4 is 11.6 Å². The van der Waals surface area contributed by atoms with Crippen LogP contribution in [0.25, 0.3) is 16.9 Å². The third kappa shape index (κ3) is 6.24. The van der Waals surface area contributed by atoms with Gasteiger partial charge in [-0.3, -0.25) is 4.79 Å². The molecule has 0 saturated heterocycles. The number of benzene rings is 1. The fourth-order valence-corrected chi connectivity index (χ4v) is 3.96. The van der Waals surface area contributed by atoms with Crippen LogP contribution < -0.4 is 0 Å². The molecule has 1 N–H and O–H groups in total. The van der Waals surface area contributed by atoms with Crippen molar-refractivity contribution in [1.29, 1.82) is 5.26 Å². The number of hydrogen-bond donors (Lipinski definition) is 1. The summed E-state index contributed by atoms with van der Waals surface area (Å²) in [5.41, 5.74) is 4.70. The Morgan fingerprint density at radius 1 is 1.06 bits per heavy atom. The van der Waals surface area contributed by atoms with Crippen LogP contribution in [0, 0.1) is 23.2 Å². The lowest BCUT2D eigenvalue weighted by Crippen LogP contribution is -2.34. The summed E-state index contributed by atoms with van der Waals surface area (Å²) >= 11 is 0. The molecule has 0 unspecified atom stereocenters. The summed E-state index contributed by atoms with van der Waals surface area (Å²) in [6.07, 6.45) is 5.07. The number of aryl methyl sites for hydroxylation is 1. The number of aliphatic hydroxyl groups excluding tert-OH is 1. The van der Waals surface area contributed by atoms with E-state index < -0.39 is 0 Å². The Hall–Kier alpha value is -3.17. The molecule has 6 heteroatoms. The Morgan fingerprint density at radius 2 is 1.71 bits per heavy atom. The molecule has 180 valence electrons. The minimum absolute atomic E-state index is 0.0462. The monoisotopic (exact) mass is 460 g/mol. The van der Waals surface area contributed by atoms with Gasteiger partial charge in [-0.15, -0.1) is 0 Å². The highest BCUT2D eigenvalue weighted by atomic mass is 16.3. The molecule has 34 heavy (non-hydrogen) atoms. The van der Waals surface area contributed by atoms with Crippen molar-refractivity contribution in [3.8, 4) is 17.3 Å². The minimum atomic E-state index is 0.0462. The number of aromatic nitrogens is 2. The molecular formula is C28H36N4O2. The van der Waals surface area contributed by atoms with E-state index in [1.54, 1.807) is 12.1 Å². The van der Waals surface area contributed by atoms with Crippen LogP contribution in [0.5, 0.6) is 0 Å². The number of carbonyl (C=O) groups excluding carboxylic acids is 1. The highest BCUT2D eigenvalue weighted by Crippen LogP contribution is 2.27. The average Bonchev–Trinajstić information content (AvgIpc) is 3.19. The molecular weight excluding hydrogens is 424 g/mol. The zero-order chi connectivity index (χ0) is 24.7. The predicted molar refractivity (Wildman–Crippen MR) is 136 cm³/mol. The second-order valence-electron chi connectivity index (χ2n) is 9.73. The molecule has 2 heterocycles. The predicted octanol–water partition coefficient (Wildman–Crippen LogP) is 5.33. The number of amides is 1. The van der Waals surface area contributed by atoms with Crippen molar-refractivity contribution in [3.63, 3.8) is 0 Å². The topological polar surface area (TPSA) is 81.6 Å². The molecule has 0 atom stereocenters. The van der Waals surface area contributed by atoms with Gasteiger partial charge in [0.15, 0.2) is 0 Å². The van der Waals surface area contributed by atoms with Crippen molar-refractivity contribution in [3.05, 3.63) is 59.4 Å². The van der Waals surface area contributed by atoms with E-state index >= 15 is 0 Å². The number of hydrogen-bond acceptors (Lipinski definition) is 4. The second-order valence-corrected chi connectivity index (χ2v) is 9.73. The fraction of sp³-hybridized carbons (Fsp3) is 0.464. The number of pyridine rings is 1. The van der Waals surface area contributed by atoms with Gasteiger partial charge in [0.25, 0.3) is 5.91 Å². The first-order chi connectivity index (χ1) is 16.3. The zero-order valence-corrected chi connectivity index (χ0v) is 20.8. The molecule has 6 nitrogen and oxygen atoms in total. The highest BCUT2D eigenvalue weighted by molar-refractivity contribution is 5.94.